The molecule has 0 saturated carbocycles. The number of benzene rings is 1. The van der Waals surface area contributed by atoms with Crippen LogP contribution in [0.15, 0.2) is 24.3 Å². The first-order valence-electron chi connectivity index (χ1n) is 5.33. The lowest BCUT2D eigenvalue weighted by Crippen LogP contribution is -2.42. The van der Waals surface area contributed by atoms with Crippen molar-refractivity contribution >= 4 is 17.3 Å². The molecule has 0 amide bonds. The highest BCUT2D eigenvalue weighted by atomic mass is 35.5. The van der Waals surface area contributed by atoms with Gasteiger partial charge in [0.1, 0.15) is 0 Å². The van der Waals surface area contributed by atoms with E-state index in [1.807, 2.05) is 24.3 Å². The Bertz CT molecular complexity index is 314. The molecule has 1 aromatic rings. The molecular weight excluding hydrogens is 208 g/mol. The number of anilines is 1. The highest BCUT2D eigenvalue weighted by Gasteiger charge is 2.20. The summed E-state index contributed by atoms with van der Waals surface area (Å²) in [6, 6.07) is 7.74. The molecule has 0 heterocycles. The van der Waals surface area contributed by atoms with Crippen molar-refractivity contribution < 1.29 is 0 Å². The Morgan fingerprint density at radius 2 is 2.20 bits per heavy atom. The first-order valence-corrected chi connectivity index (χ1v) is 5.71. The quantitative estimate of drug-likeness (QED) is 0.809. The van der Waals surface area contributed by atoms with Crippen LogP contribution in [0.3, 0.4) is 0 Å². The van der Waals surface area contributed by atoms with Gasteiger partial charge in [-0.25, -0.2) is 0 Å². The second-order valence-electron chi connectivity index (χ2n) is 4.15. The SMILES string of the molecule is CCCC(C)(CN)Nc1cccc(Cl)c1. The average Bonchev–Trinajstić information content (AvgIpc) is 2.18. The van der Waals surface area contributed by atoms with Gasteiger partial charge in [0, 0.05) is 22.8 Å². The van der Waals surface area contributed by atoms with E-state index in [-0.39, 0.29) is 5.54 Å². The Balaban J connectivity index is 2.74. The smallest absolute Gasteiger partial charge is 0.0467 e. The number of nitrogens with one attached hydrogen (secondary N) is 1. The van der Waals surface area contributed by atoms with Crippen LogP contribution in [0.25, 0.3) is 0 Å². The second-order valence-corrected chi connectivity index (χ2v) is 4.59. The van der Waals surface area contributed by atoms with Crippen molar-refractivity contribution in [3.63, 3.8) is 0 Å². The van der Waals surface area contributed by atoms with E-state index in [1.165, 1.54) is 0 Å². The molecule has 84 valence electrons. The summed E-state index contributed by atoms with van der Waals surface area (Å²) in [7, 11) is 0. The molecule has 3 N–H and O–H groups in total. The van der Waals surface area contributed by atoms with Gasteiger partial charge in [-0.3, -0.25) is 0 Å². The van der Waals surface area contributed by atoms with E-state index in [0.717, 1.165) is 23.6 Å². The summed E-state index contributed by atoms with van der Waals surface area (Å²) in [4.78, 5) is 0. The van der Waals surface area contributed by atoms with E-state index in [2.05, 4.69) is 19.2 Å². The van der Waals surface area contributed by atoms with Gasteiger partial charge in [-0.1, -0.05) is 31.0 Å². The highest BCUT2D eigenvalue weighted by molar-refractivity contribution is 6.30. The van der Waals surface area contributed by atoms with Crippen LogP contribution in [-0.2, 0) is 0 Å². The molecule has 0 spiro atoms. The van der Waals surface area contributed by atoms with Gasteiger partial charge in [-0.2, -0.15) is 0 Å². The lowest BCUT2D eigenvalue weighted by Gasteiger charge is -2.30. The fourth-order valence-corrected chi connectivity index (χ4v) is 1.87. The van der Waals surface area contributed by atoms with Crippen LogP contribution in [0.1, 0.15) is 26.7 Å². The zero-order chi connectivity index (χ0) is 11.3. The van der Waals surface area contributed by atoms with Crippen LogP contribution in [0.4, 0.5) is 5.69 Å². The standard InChI is InChI=1S/C12H19ClN2/c1-3-7-12(2,9-14)15-11-6-4-5-10(13)8-11/h4-6,8,15H,3,7,9,14H2,1-2H3. The van der Waals surface area contributed by atoms with E-state index >= 15 is 0 Å². The molecule has 0 radical (unpaired) electrons. The van der Waals surface area contributed by atoms with Crippen molar-refractivity contribution in [2.75, 3.05) is 11.9 Å². The van der Waals surface area contributed by atoms with E-state index in [1.54, 1.807) is 0 Å². The second kappa shape index (κ2) is 5.38. The topological polar surface area (TPSA) is 38.0 Å². The maximum Gasteiger partial charge on any atom is 0.0467 e. The Kier molecular flexibility index (Phi) is 4.43. The van der Waals surface area contributed by atoms with Crippen LogP contribution >= 0.6 is 11.6 Å². The van der Waals surface area contributed by atoms with Gasteiger partial charge in [0.15, 0.2) is 0 Å². The molecule has 0 aliphatic rings. The molecule has 1 rings (SSSR count). The fraction of sp³-hybridized carbons (Fsp3) is 0.500. The molecule has 3 heteroatoms. The predicted octanol–water partition coefficient (Wildman–Crippen LogP) is 3.27. The molecule has 0 aliphatic carbocycles. The lowest BCUT2D eigenvalue weighted by molar-refractivity contribution is 0.476. The molecule has 0 aliphatic heterocycles. The van der Waals surface area contributed by atoms with Crippen LogP contribution in [0.2, 0.25) is 5.02 Å². The molecule has 0 bridgehead atoms. The third-order valence-corrected chi connectivity index (χ3v) is 2.76. The van der Waals surface area contributed by atoms with Crippen molar-refractivity contribution in [1.82, 2.24) is 0 Å². The van der Waals surface area contributed by atoms with Crippen molar-refractivity contribution in [3.8, 4) is 0 Å². The van der Waals surface area contributed by atoms with Crippen molar-refractivity contribution in [2.24, 2.45) is 5.73 Å². The van der Waals surface area contributed by atoms with Gasteiger partial charge in [0.2, 0.25) is 0 Å². The number of halogens is 1. The summed E-state index contributed by atoms with van der Waals surface area (Å²) in [5, 5.41) is 4.18. The average molecular weight is 227 g/mol. The molecule has 0 aromatic heterocycles. The van der Waals surface area contributed by atoms with Crippen molar-refractivity contribution in [1.29, 1.82) is 0 Å². The number of rotatable bonds is 5. The minimum Gasteiger partial charge on any atom is -0.379 e. The maximum absolute atomic E-state index is 5.92. The zero-order valence-corrected chi connectivity index (χ0v) is 10.1. The van der Waals surface area contributed by atoms with Gasteiger partial charge in [-0.05, 0) is 31.5 Å². The summed E-state index contributed by atoms with van der Waals surface area (Å²) in [6.07, 6.45) is 2.16. The maximum atomic E-state index is 5.92. The minimum atomic E-state index is -0.0422. The van der Waals surface area contributed by atoms with E-state index in [9.17, 15) is 0 Å². The van der Waals surface area contributed by atoms with Crippen LogP contribution < -0.4 is 11.1 Å². The summed E-state index contributed by atoms with van der Waals surface area (Å²) in [5.74, 6) is 0. The van der Waals surface area contributed by atoms with E-state index in [0.29, 0.717) is 6.54 Å². The van der Waals surface area contributed by atoms with Crippen molar-refractivity contribution in [3.05, 3.63) is 29.3 Å². The van der Waals surface area contributed by atoms with Gasteiger partial charge < -0.3 is 11.1 Å². The number of nitrogens with two attached hydrogens (primary N) is 1. The molecule has 15 heavy (non-hydrogen) atoms. The Morgan fingerprint density at radius 3 is 2.73 bits per heavy atom. The monoisotopic (exact) mass is 226 g/mol. The number of hydrogen-bond acceptors (Lipinski definition) is 2. The van der Waals surface area contributed by atoms with E-state index < -0.39 is 0 Å². The largest absolute Gasteiger partial charge is 0.379 e. The van der Waals surface area contributed by atoms with Crippen LogP contribution in [-0.4, -0.2) is 12.1 Å². The Labute approximate surface area is 96.8 Å². The fourth-order valence-electron chi connectivity index (χ4n) is 1.68. The summed E-state index contributed by atoms with van der Waals surface area (Å²) in [6.45, 7) is 4.91. The molecule has 0 fully saturated rings. The molecule has 2 nitrogen and oxygen atoms in total. The Hall–Kier alpha value is -0.730. The van der Waals surface area contributed by atoms with Crippen molar-refractivity contribution in [2.45, 2.75) is 32.2 Å². The Morgan fingerprint density at radius 1 is 1.47 bits per heavy atom. The summed E-state index contributed by atoms with van der Waals surface area (Å²) in [5.41, 5.74) is 6.77. The molecule has 0 saturated heterocycles. The van der Waals surface area contributed by atoms with Gasteiger partial charge >= 0.3 is 0 Å². The third kappa shape index (κ3) is 3.73. The predicted molar refractivity (Wildman–Crippen MR) is 67.4 cm³/mol. The molecule has 1 atom stereocenters. The third-order valence-electron chi connectivity index (χ3n) is 2.52. The normalized spacial score (nSPS) is 14.7. The van der Waals surface area contributed by atoms with Crippen LogP contribution in [0.5, 0.6) is 0 Å². The van der Waals surface area contributed by atoms with E-state index in [4.69, 9.17) is 17.3 Å². The lowest BCUT2D eigenvalue weighted by atomic mass is 9.96. The first kappa shape index (κ1) is 12.3. The van der Waals surface area contributed by atoms with Gasteiger partial charge in [0.05, 0.1) is 0 Å². The highest BCUT2D eigenvalue weighted by Crippen LogP contribution is 2.21. The molecule has 1 aromatic carbocycles. The zero-order valence-electron chi connectivity index (χ0n) is 9.39. The first-order chi connectivity index (χ1) is 7.09. The van der Waals surface area contributed by atoms with Gasteiger partial charge in [0.25, 0.3) is 0 Å². The summed E-state index contributed by atoms with van der Waals surface area (Å²) >= 11 is 5.92. The number of hydrogen-bond donors (Lipinski definition) is 2. The molecular formula is C12H19ClN2. The van der Waals surface area contributed by atoms with Gasteiger partial charge in [-0.15, -0.1) is 0 Å². The minimum absolute atomic E-state index is 0.0422. The van der Waals surface area contributed by atoms with Crippen LogP contribution in [0, 0.1) is 0 Å². The molecule has 1 unspecified atom stereocenters. The summed E-state index contributed by atoms with van der Waals surface area (Å²) < 4.78 is 0.